The van der Waals surface area contributed by atoms with E-state index in [0.717, 1.165) is 0 Å². The molecule has 1 fully saturated rings. The Bertz CT molecular complexity index is 648. The summed E-state index contributed by atoms with van der Waals surface area (Å²) in [6.07, 6.45) is 1.33. The molecule has 1 heterocycles. The minimum Gasteiger partial charge on any atom is -0.356 e. The number of amides is 2. The lowest BCUT2D eigenvalue weighted by molar-refractivity contribution is -0.139. The van der Waals surface area contributed by atoms with E-state index in [1.165, 1.54) is 0 Å². The van der Waals surface area contributed by atoms with Crippen LogP contribution in [0.1, 0.15) is 46.4 Å². The molecule has 23 heavy (non-hydrogen) atoms. The van der Waals surface area contributed by atoms with E-state index in [2.05, 4.69) is 25.8 Å². The fraction of sp³-hybridized carbons (Fsp3) is 0.733. The van der Waals surface area contributed by atoms with Gasteiger partial charge in [0.1, 0.15) is 5.82 Å². The van der Waals surface area contributed by atoms with Crippen molar-refractivity contribution in [3.05, 3.63) is 16.3 Å². The summed E-state index contributed by atoms with van der Waals surface area (Å²) in [6.45, 7) is 8.45. The monoisotopic (exact) mass is 323 g/mol. The van der Waals surface area contributed by atoms with E-state index in [4.69, 9.17) is 0 Å². The van der Waals surface area contributed by atoms with Crippen molar-refractivity contribution in [1.82, 2.24) is 25.8 Å². The average molecular weight is 323 g/mol. The Labute approximate surface area is 134 Å². The normalized spacial score (nSPS) is 26.0. The molecule has 128 valence electrons. The molecule has 0 aromatic carbocycles. The van der Waals surface area contributed by atoms with E-state index < -0.39 is 16.5 Å². The van der Waals surface area contributed by atoms with E-state index >= 15 is 0 Å². The molecule has 4 N–H and O–H groups in total. The second-order valence-corrected chi connectivity index (χ2v) is 6.85. The standard InChI is InChI=1S/C15H25N5O3/c1-5-16-11(21)9-6-7-15(4,14(9,2)3)12(22)17-8-10-18-13(23)20-19-10/h9H,5-8H2,1-4H3,(H,16,21)(H,17,22)(H2,18,19,20,23)/t9-,15+/m0/s1. The van der Waals surface area contributed by atoms with Gasteiger partial charge < -0.3 is 10.6 Å². The maximum Gasteiger partial charge on any atom is 0.340 e. The molecule has 0 bridgehead atoms. The van der Waals surface area contributed by atoms with Gasteiger partial charge in [-0.3, -0.25) is 14.6 Å². The highest BCUT2D eigenvalue weighted by atomic mass is 16.2. The van der Waals surface area contributed by atoms with E-state index in [1.54, 1.807) is 0 Å². The number of rotatable bonds is 5. The Morgan fingerprint density at radius 1 is 1.30 bits per heavy atom. The van der Waals surface area contributed by atoms with Crippen LogP contribution in [0.2, 0.25) is 0 Å². The third-order valence-corrected chi connectivity index (χ3v) is 5.36. The molecule has 8 nitrogen and oxygen atoms in total. The molecule has 8 heteroatoms. The zero-order chi connectivity index (χ0) is 17.3. The number of aromatic nitrogens is 3. The first-order valence-corrected chi connectivity index (χ1v) is 7.92. The second kappa shape index (κ2) is 6.17. The van der Waals surface area contributed by atoms with Crippen LogP contribution in [0, 0.1) is 16.7 Å². The third-order valence-electron chi connectivity index (χ3n) is 5.36. The summed E-state index contributed by atoms with van der Waals surface area (Å²) in [5.74, 6) is 0.0650. The highest BCUT2D eigenvalue weighted by molar-refractivity contribution is 5.87. The Hall–Kier alpha value is -2.12. The number of nitrogens with one attached hydrogen (secondary N) is 4. The summed E-state index contributed by atoms with van der Waals surface area (Å²) < 4.78 is 0. The van der Waals surface area contributed by atoms with E-state index in [0.29, 0.717) is 25.2 Å². The molecule has 0 saturated heterocycles. The Kier molecular flexibility index (Phi) is 4.63. The molecule has 0 unspecified atom stereocenters. The number of hydrogen-bond acceptors (Lipinski definition) is 4. The second-order valence-electron chi connectivity index (χ2n) is 6.85. The first-order valence-electron chi connectivity index (χ1n) is 7.92. The highest BCUT2D eigenvalue weighted by Gasteiger charge is 2.57. The molecule has 0 aliphatic heterocycles. The minimum atomic E-state index is -0.653. The third kappa shape index (κ3) is 3.02. The van der Waals surface area contributed by atoms with Gasteiger partial charge in [0.25, 0.3) is 0 Å². The van der Waals surface area contributed by atoms with Crippen molar-refractivity contribution in [2.75, 3.05) is 6.54 Å². The molecular weight excluding hydrogens is 298 g/mol. The summed E-state index contributed by atoms with van der Waals surface area (Å²) in [5.41, 5.74) is -1.52. The van der Waals surface area contributed by atoms with Gasteiger partial charge in [0, 0.05) is 12.5 Å². The van der Waals surface area contributed by atoms with Gasteiger partial charge in [0.2, 0.25) is 11.8 Å². The number of nitrogens with zero attached hydrogens (tertiary/aromatic N) is 1. The quantitative estimate of drug-likeness (QED) is 0.622. The molecule has 1 aliphatic carbocycles. The largest absolute Gasteiger partial charge is 0.356 e. The summed E-state index contributed by atoms with van der Waals surface area (Å²) >= 11 is 0. The van der Waals surface area contributed by atoms with Gasteiger partial charge >= 0.3 is 5.69 Å². The van der Waals surface area contributed by atoms with Crippen LogP contribution in [-0.4, -0.2) is 33.5 Å². The lowest BCUT2D eigenvalue weighted by Gasteiger charge is -2.39. The van der Waals surface area contributed by atoms with Gasteiger partial charge in [-0.15, -0.1) is 0 Å². The van der Waals surface area contributed by atoms with E-state index in [-0.39, 0.29) is 24.3 Å². The molecule has 1 aromatic heterocycles. The molecule has 2 atom stereocenters. The fourth-order valence-corrected chi connectivity index (χ4v) is 3.41. The number of aromatic amines is 2. The summed E-state index contributed by atoms with van der Waals surface area (Å²) in [7, 11) is 0. The van der Waals surface area contributed by atoms with Gasteiger partial charge in [-0.05, 0) is 25.2 Å². The summed E-state index contributed by atoms with van der Waals surface area (Å²) in [4.78, 5) is 38.5. The van der Waals surface area contributed by atoms with Crippen molar-refractivity contribution in [3.63, 3.8) is 0 Å². The van der Waals surface area contributed by atoms with Crippen molar-refractivity contribution in [2.24, 2.45) is 16.7 Å². The predicted octanol–water partition coefficient (Wildman–Crippen LogP) is 0.293. The lowest BCUT2D eigenvalue weighted by Crippen LogP contribution is -2.49. The first-order chi connectivity index (χ1) is 10.7. The number of carbonyl (C=O) groups excluding carboxylic acids is 2. The van der Waals surface area contributed by atoms with Crippen LogP contribution in [-0.2, 0) is 16.1 Å². The fourth-order valence-electron chi connectivity index (χ4n) is 3.41. The van der Waals surface area contributed by atoms with Crippen molar-refractivity contribution in [3.8, 4) is 0 Å². The van der Waals surface area contributed by atoms with Crippen LogP contribution >= 0.6 is 0 Å². The molecule has 0 radical (unpaired) electrons. The van der Waals surface area contributed by atoms with Gasteiger partial charge in [0.05, 0.1) is 12.0 Å². The van der Waals surface area contributed by atoms with Gasteiger partial charge in [-0.2, -0.15) is 5.10 Å². The molecular formula is C15H25N5O3. The SMILES string of the molecule is CCNC(=O)[C@@H]1CC[C@](C)(C(=O)NCc2n[nH]c(=O)[nH]2)C1(C)C. The molecule has 2 rings (SSSR count). The van der Waals surface area contributed by atoms with Crippen LogP contribution < -0.4 is 16.3 Å². The zero-order valence-electron chi connectivity index (χ0n) is 14.1. The lowest BCUT2D eigenvalue weighted by atomic mass is 9.65. The number of carbonyl (C=O) groups is 2. The van der Waals surface area contributed by atoms with Crippen molar-refractivity contribution in [1.29, 1.82) is 0 Å². The predicted molar refractivity (Wildman–Crippen MR) is 84.4 cm³/mol. The van der Waals surface area contributed by atoms with Crippen LogP contribution in [0.25, 0.3) is 0 Å². The van der Waals surface area contributed by atoms with E-state index in [9.17, 15) is 14.4 Å². The maximum atomic E-state index is 12.7. The van der Waals surface area contributed by atoms with Crippen molar-refractivity contribution < 1.29 is 9.59 Å². The minimum absolute atomic E-state index is 0.00524. The molecule has 1 aromatic rings. The Morgan fingerprint density at radius 3 is 2.57 bits per heavy atom. The van der Waals surface area contributed by atoms with Crippen LogP contribution in [0.4, 0.5) is 0 Å². The topological polar surface area (TPSA) is 120 Å². The van der Waals surface area contributed by atoms with Gasteiger partial charge in [0.15, 0.2) is 0 Å². The zero-order valence-corrected chi connectivity index (χ0v) is 14.1. The summed E-state index contributed by atoms with van der Waals surface area (Å²) in [6, 6.07) is 0. The number of H-pyrrole nitrogens is 2. The van der Waals surface area contributed by atoms with Crippen LogP contribution in [0.5, 0.6) is 0 Å². The summed E-state index contributed by atoms with van der Waals surface area (Å²) in [5, 5.41) is 11.7. The van der Waals surface area contributed by atoms with Crippen molar-refractivity contribution >= 4 is 11.8 Å². The van der Waals surface area contributed by atoms with Crippen LogP contribution in [0.15, 0.2) is 4.79 Å². The van der Waals surface area contributed by atoms with Crippen LogP contribution in [0.3, 0.4) is 0 Å². The van der Waals surface area contributed by atoms with Gasteiger partial charge in [-0.1, -0.05) is 20.8 Å². The van der Waals surface area contributed by atoms with Gasteiger partial charge in [-0.25, -0.2) is 9.89 Å². The molecule has 1 saturated carbocycles. The Morgan fingerprint density at radius 2 is 2.00 bits per heavy atom. The molecule has 2 amide bonds. The Balaban J connectivity index is 2.09. The van der Waals surface area contributed by atoms with E-state index in [1.807, 2.05) is 27.7 Å². The molecule has 0 spiro atoms. The maximum absolute atomic E-state index is 12.7. The first kappa shape index (κ1) is 17.2. The average Bonchev–Trinajstić information content (AvgIpc) is 2.99. The molecule has 1 aliphatic rings. The smallest absolute Gasteiger partial charge is 0.340 e. The highest BCUT2D eigenvalue weighted by Crippen LogP contribution is 2.56. The van der Waals surface area contributed by atoms with Crippen molar-refractivity contribution in [2.45, 2.75) is 47.1 Å². The number of hydrogen-bond donors (Lipinski definition) is 4.